The minimum atomic E-state index is -0.368. The Morgan fingerprint density at radius 3 is 2.62 bits per heavy atom. The summed E-state index contributed by atoms with van der Waals surface area (Å²) >= 11 is 12.5. The number of nitrogens with zero attached hydrogens (tertiary/aromatic N) is 4. The van der Waals surface area contributed by atoms with Crippen LogP contribution in [0, 0.1) is 0 Å². The zero-order valence-corrected chi connectivity index (χ0v) is 15.0. The molecule has 2 N–H and O–H groups in total. The Labute approximate surface area is 157 Å². The molecule has 0 unspecified atom stereocenters. The molecule has 0 bridgehead atoms. The van der Waals surface area contributed by atoms with E-state index in [0.29, 0.717) is 38.6 Å². The highest BCUT2D eigenvalue weighted by molar-refractivity contribution is 6.39. The summed E-state index contributed by atoms with van der Waals surface area (Å²) in [4.78, 5) is 27.7. The van der Waals surface area contributed by atoms with Crippen molar-refractivity contribution in [2.75, 3.05) is 5.32 Å². The number of pyridine rings is 1. The van der Waals surface area contributed by atoms with Crippen LogP contribution in [0.2, 0.25) is 10.0 Å². The first-order valence-electron chi connectivity index (χ1n) is 7.63. The zero-order valence-electron chi connectivity index (χ0n) is 13.5. The van der Waals surface area contributed by atoms with Crippen LogP contribution in [0.4, 0.5) is 11.6 Å². The first-order valence-corrected chi connectivity index (χ1v) is 8.38. The third kappa shape index (κ3) is 2.91. The van der Waals surface area contributed by atoms with Crippen LogP contribution in [-0.4, -0.2) is 24.5 Å². The van der Waals surface area contributed by atoms with Gasteiger partial charge in [0.25, 0.3) is 0 Å². The summed E-state index contributed by atoms with van der Waals surface area (Å²) in [7, 11) is 1.63. The molecule has 0 aliphatic rings. The van der Waals surface area contributed by atoms with Gasteiger partial charge in [-0.25, -0.2) is 14.8 Å². The van der Waals surface area contributed by atoms with Gasteiger partial charge < -0.3 is 14.9 Å². The maximum absolute atomic E-state index is 11.7. The number of anilines is 2. The van der Waals surface area contributed by atoms with Crippen molar-refractivity contribution in [1.82, 2.24) is 24.5 Å². The van der Waals surface area contributed by atoms with Crippen LogP contribution in [0.25, 0.3) is 22.4 Å². The number of rotatable bonds is 3. The number of aromatic nitrogens is 5. The Hall–Kier alpha value is -2.90. The molecular weight excluding hydrogens is 375 g/mol. The third-order valence-corrected chi connectivity index (χ3v) is 4.45. The van der Waals surface area contributed by atoms with Crippen molar-refractivity contribution >= 4 is 45.9 Å². The Morgan fingerprint density at radius 1 is 1.12 bits per heavy atom. The van der Waals surface area contributed by atoms with Gasteiger partial charge in [0, 0.05) is 19.4 Å². The molecule has 0 saturated heterocycles. The van der Waals surface area contributed by atoms with Crippen molar-refractivity contribution in [2.45, 2.75) is 0 Å². The van der Waals surface area contributed by atoms with Crippen LogP contribution < -0.4 is 11.0 Å². The van der Waals surface area contributed by atoms with Gasteiger partial charge in [-0.05, 0) is 24.3 Å². The maximum atomic E-state index is 11.7. The number of nitrogens with one attached hydrogen (secondary N) is 2. The Morgan fingerprint density at radius 2 is 1.88 bits per heavy atom. The fourth-order valence-electron chi connectivity index (χ4n) is 2.53. The molecule has 1 aromatic carbocycles. The van der Waals surface area contributed by atoms with Gasteiger partial charge in [0.05, 0.1) is 21.1 Å². The van der Waals surface area contributed by atoms with E-state index in [4.69, 9.17) is 23.2 Å². The summed E-state index contributed by atoms with van der Waals surface area (Å²) in [5, 5.41) is 4.01. The van der Waals surface area contributed by atoms with Crippen molar-refractivity contribution in [3.8, 4) is 11.4 Å². The average Bonchev–Trinajstić information content (AvgIpc) is 3.03. The van der Waals surface area contributed by atoms with Gasteiger partial charge in [0.15, 0.2) is 5.82 Å². The smallest absolute Gasteiger partial charge is 0.338 e. The predicted octanol–water partition coefficient (Wildman–Crippen LogP) is 3.77. The van der Waals surface area contributed by atoms with Gasteiger partial charge in [-0.2, -0.15) is 4.98 Å². The largest absolute Gasteiger partial charge is 0.349 e. The van der Waals surface area contributed by atoms with Crippen LogP contribution in [0.5, 0.6) is 0 Å². The zero-order chi connectivity index (χ0) is 18.3. The first kappa shape index (κ1) is 16.6. The molecule has 4 aromatic rings. The van der Waals surface area contributed by atoms with Gasteiger partial charge in [-0.3, -0.25) is 0 Å². The van der Waals surface area contributed by atoms with E-state index in [-0.39, 0.29) is 5.69 Å². The number of fused-ring (bicyclic) bond motifs is 1. The van der Waals surface area contributed by atoms with E-state index in [1.165, 1.54) is 4.57 Å². The normalized spacial score (nSPS) is 11.0. The Balaban J connectivity index is 1.81. The number of imidazole rings is 1. The summed E-state index contributed by atoms with van der Waals surface area (Å²) in [5.74, 6) is 1.38. The van der Waals surface area contributed by atoms with Gasteiger partial charge in [-0.1, -0.05) is 29.3 Å². The van der Waals surface area contributed by atoms with Crippen LogP contribution in [-0.2, 0) is 7.05 Å². The molecule has 3 aromatic heterocycles. The second-order valence-electron chi connectivity index (χ2n) is 5.57. The van der Waals surface area contributed by atoms with Gasteiger partial charge >= 0.3 is 5.69 Å². The number of hydrogen-bond donors (Lipinski definition) is 2. The fraction of sp³-hybridized carbons (Fsp3) is 0.0588. The fourth-order valence-corrected chi connectivity index (χ4v) is 3.10. The third-order valence-electron chi connectivity index (χ3n) is 3.82. The molecule has 0 aliphatic heterocycles. The molecule has 7 nitrogen and oxygen atoms in total. The molecule has 130 valence electrons. The lowest BCUT2D eigenvalue weighted by Gasteiger charge is -2.05. The topological polar surface area (TPSA) is 88.5 Å². The van der Waals surface area contributed by atoms with Crippen molar-refractivity contribution in [3.63, 3.8) is 0 Å². The summed E-state index contributed by atoms with van der Waals surface area (Å²) in [5.41, 5.74) is 1.58. The van der Waals surface area contributed by atoms with Crippen LogP contribution in [0.3, 0.4) is 0 Å². The molecule has 9 heteroatoms. The minimum absolute atomic E-state index is 0.368. The number of halogens is 2. The van der Waals surface area contributed by atoms with E-state index < -0.39 is 0 Å². The highest BCUT2D eigenvalue weighted by Crippen LogP contribution is 2.34. The van der Waals surface area contributed by atoms with Crippen molar-refractivity contribution in [1.29, 1.82) is 0 Å². The van der Waals surface area contributed by atoms with Crippen molar-refractivity contribution in [3.05, 3.63) is 63.3 Å². The Bertz CT molecular complexity index is 1160. The summed E-state index contributed by atoms with van der Waals surface area (Å²) < 4.78 is 1.38. The molecule has 4 rings (SSSR count). The molecule has 0 aliphatic carbocycles. The molecule has 3 heterocycles. The summed E-state index contributed by atoms with van der Waals surface area (Å²) in [6.45, 7) is 0. The summed E-state index contributed by atoms with van der Waals surface area (Å²) in [6, 6.07) is 8.74. The standard InChI is InChI=1S/C17H12Cl2N6O/c1-25-8-6-12(23-17(25)26)22-16-14-11(5-7-20-16)21-15(24-14)13-9(18)3-2-4-10(13)19/h2-8H,1H3,(H,21,24)(H,20,22,23,26). The van der Waals surface area contributed by atoms with Crippen molar-refractivity contribution < 1.29 is 0 Å². The number of aromatic amines is 1. The molecule has 0 spiro atoms. The van der Waals surface area contributed by atoms with Gasteiger partial charge in [0.1, 0.15) is 17.2 Å². The van der Waals surface area contributed by atoms with E-state index in [1.807, 2.05) is 0 Å². The first-order chi connectivity index (χ1) is 12.5. The van der Waals surface area contributed by atoms with E-state index in [1.54, 1.807) is 49.8 Å². The quantitative estimate of drug-likeness (QED) is 0.559. The molecule has 0 radical (unpaired) electrons. The second kappa shape index (κ2) is 6.44. The number of hydrogen-bond acceptors (Lipinski definition) is 5. The molecule has 0 atom stereocenters. The van der Waals surface area contributed by atoms with Crippen LogP contribution in [0.15, 0.2) is 47.5 Å². The van der Waals surface area contributed by atoms with Crippen LogP contribution >= 0.6 is 23.2 Å². The van der Waals surface area contributed by atoms with Gasteiger partial charge in [0.2, 0.25) is 0 Å². The second-order valence-corrected chi connectivity index (χ2v) is 6.38. The van der Waals surface area contributed by atoms with Gasteiger partial charge in [-0.15, -0.1) is 0 Å². The average molecular weight is 387 g/mol. The lowest BCUT2D eigenvalue weighted by Crippen LogP contribution is -2.19. The minimum Gasteiger partial charge on any atom is -0.338 e. The molecule has 26 heavy (non-hydrogen) atoms. The molecule has 0 fully saturated rings. The number of H-pyrrole nitrogens is 1. The molecular formula is C17H12Cl2N6O. The van der Waals surface area contributed by atoms with Crippen LogP contribution in [0.1, 0.15) is 0 Å². The Kier molecular flexibility index (Phi) is 4.10. The van der Waals surface area contributed by atoms with E-state index >= 15 is 0 Å². The van der Waals surface area contributed by atoms with E-state index in [2.05, 4.69) is 25.3 Å². The predicted molar refractivity (Wildman–Crippen MR) is 102 cm³/mol. The highest BCUT2D eigenvalue weighted by atomic mass is 35.5. The summed E-state index contributed by atoms with van der Waals surface area (Å²) in [6.07, 6.45) is 3.25. The lowest BCUT2D eigenvalue weighted by atomic mass is 10.2. The maximum Gasteiger partial charge on any atom is 0.349 e. The highest BCUT2D eigenvalue weighted by Gasteiger charge is 2.15. The molecule has 0 amide bonds. The SMILES string of the molecule is Cn1ccc(Nc2nccc3[nH]c(-c4c(Cl)cccc4Cl)nc23)nc1=O. The van der Waals surface area contributed by atoms with E-state index in [9.17, 15) is 4.79 Å². The molecule has 0 saturated carbocycles. The van der Waals surface area contributed by atoms with E-state index in [0.717, 1.165) is 5.52 Å². The lowest BCUT2D eigenvalue weighted by molar-refractivity contribution is 0.813. The monoisotopic (exact) mass is 386 g/mol. The number of aryl methyl sites for hydroxylation is 1. The van der Waals surface area contributed by atoms with Crippen molar-refractivity contribution in [2.24, 2.45) is 7.05 Å². The number of benzene rings is 1.